The molecule has 6 nitrogen and oxygen atoms in total. The molecule has 0 aliphatic carbocycles. The molecule has 1 aliphatic heterocycles. The number of ether oxygens (including phenoxy) is 1. The Kier molecular flexibility index (Phi) is 5.93. The molecule has 134 valence electrons. The number of hydrogen-bond donors (Lipinski definition) is 1. The van der Waals surface area contributed by atoms with Crippen LogP contribution in [0.1, 0.15) is 27.2 Å². The first-order valence-corrected chi connectivity index (χ1v) is 10.0. The summed E-state index contributed by atoms with van der Waals surface area (Å²) in [5.41, 5.74) is -0.545. The van der Waals surface area contributed by atoms with Crippen molar-refractivity contribution < 1.29 is 17.9 Å². The van der Waals surface area contributed by atoms with Gasteiger partial charge in [-0.1, -0.05) is 15.9 Å². The molecule has 24 heavy (non-hydrogen) atoms. The minimum atomic E-state index is -3.49. The van der Waals surface area contributed by atoms with Crippen LogP contribution < -0.4 is 5.32 Å². The van der Waals surface area contributed by atoms with Crippen molar-refractivity contribution in [2.75, 3.05) is 19.6 Å². The lowest BCUT2D eigenvalue weighted by Gasteiger charge is -2.21. The molecule has 1 saturated heterocycles. The average molecular weight is 419 g/mol. The van der Waals surface area contributed by atoms with E-state index in [4.69, 9.17) is 4.74 Å². The Morgan fingerprint density at radius 2 is 1.96 bits per heavy atom. The lowest BCUT2D eigenvalue weighted by Crippen LogP contribution is -2.36. The minimum absolute atomic E-state index is 0.0859. The number of carbonyl (C=O) groups excluding carboxylic acids is 1. The SMILES string of the molecule is CC(C)(C)OC(=O)NCC1CCN(S(=O)(=O)c2ccc(Br)cc2)C1. The quantitative estimate of drug-likeness (QED) is 0.814. The van der Waals surface area contributed by atoms with Gasteiger partial charge in [-0.25, -0.2) is 13.2 Å². The zero-order valence-electron chi connectivity index (χ0n) is 14.1. The number of carbonyl (C=O) groups is 1. The van der Waals surface area contributed by atoms with E-state index in [2.05, 4.69) is 21.2 Å². The molecule has 2 rings (SSSR count). The highest BCUT2D eigenvalue weighted by molar-refractivity contribution is 9.10. The summed E-state index contributed by atoms with van der Waals surface area (Å²) >= 11 is 3.30. The van der Waals surface area contributed by atoms with Crippen molar-refractivity contribution in [3.63, 3.8) is 0 Å². The molecule has 0 spiro atoms. The Bertz CT molecular complexity index is 683. The van der Waals surface area contributed by atoms with Crippen LogP contribution >= 0.6 is 15.9 Å². The van der Waals surface area contributed by atoms with Gasteiger partial charge in [-0.15, -0.1) is 0 Å². The highest BCUT2D eigenvalue weighted by atomic mass is 79.9. The van der Waals surface area contributed by atoms with Gasteiger partial charge in [0, 0.05) is 24.1 Å². The number of rotatable bonds is 4. The van der Waals surface area contributed by atoms with Crippen molar-refractivity contribution in [1.82, 2.24) is 9.62 Å². The first kappa shape index (κ1) is 19.2. The number of amides is 1. The van der Waals surface area contributed by atoms with Crippen LogP contribution in [0, 0.1) is 5.92 Å². The Morgan fingerprint density at radius 1 is 1.33 bits per heavy atom. The fourth-order valence-corrected chi connectivity index (χ4v) is 4.27. The van der Waals surface area contributed by atoms with Gasteiger partial charge in [-0.3, -0.25) is 0 Å². The normalized spacial score (nSPS) is 19.2. The van der Waals surface area contributed by atoms with Gasteiger partial charge in [0.2, 0.25) is 10.0 Å². The van der Waals surface area contributed by atoms with E-state index in [1.165, 1.54) is 4.31 Å². The summed E-state index contributed by atoms with van der Waals surface area (Å²) in [6.45, 7) is 6.66. The standard InChI is InChI=1S/C16H23BrN2O4S/c1-16(2,3)23-15(20)18-10-12-8-9-19(11-12)24(21,22)14-6-4-13(17)5-7-14/h4-7,12H,8-11H2,1-3H3,(H,18,20). The smallest absolute Gasteiger partial charge is 0.407 e. The van der Waals surface area contributed by atoms with Crippen molar-refractivity contribution in [3.05, 3.63) is 28.7 Å². The molecule has 1 heterocycles. The van der Waals surface area contributed by atoms with Crippen LogP contribution in [-0.2, 0) is 14.8 Å². The fourth-order valence-electron chi connectivity index (χ4n) is 2.48. The largest absolute Gasteiger partial charge is 0.444 e. The number of nitrogens with one attached hydrogen (secondary N) is 1. The first-order valence-electron chi connectivity index (χ1n) is 7.80. The van der Waals surface area contributed by atoms with Crippen LogP contribution in [0.5, 0.6) is 0 Å². The maximum absolute atomic E-state index is 12.6. The first-order chi connectivity index (χ1) is 11.1. The van der Waals surface area contributed by atoms with Crippen molar-refractivity contribution in [2.24, 2.45) is 5.92 Å². The molecule has 1 fully saturated rings. The predicted octanol–water partition coefficient (Wildman–Crippen LogP) is 2.98. The predicted molar refractivity (Wildman–Crippen MR) is 95.2 cm³/mol. The molecule has 1 unspecified atom stereocenters. The van der Waals surface area contributed by atoms with Crippen LogP contribution in [-0.4, -0.2) is 44.1 Å². The average Bonchev–Trinajstić information content (AvgIpc) is 2.93. The zero-order valence-corrected chi connectivity index (χ0v) is 16.5. The van der Waals surface area contributed by atoms with E-state index < -0.39 is 21.7 Å². The molecule has 1 N–H and O–H groups in total. The van der Waals surface area contributed by atoms with E-state index in [0.29, 0.717) is 26.1 Å². The molecular formula is C16H23BrN2O4S. The van der Waals surface area contributed by atoms with Crippen LogP contribution in [0.25, 0.3) is 0 Å². The third kappa shape index (κ3) is 5.19. The number of halogens is 1. The van der Waals surface area contributed by atoms with Crippen molar-refractivity contribution in [1.29, 1.82) is 0 Å². The van der Waals surface area contributed by atoms with Crippen LogP contribution in [0.2, 0.25) is 0 Å². The Hall–Kier alpha value is -1.12. The van der Waals surface area contributed by atoms with Gasteiger partial charge in [0.15, 0.2) is 0 Å². The maximum Gasteiger partial charge on any atom is 0.407 e. The summed E-state index contributed by atoms with van der Waals surface area (Å²) in [6, 6.07) is 6.60. The van der Waals surface area contributed by atoms with Gasteiger partial charge in [0.25, 0.3) is 0 Å². The fraction of sp³-hybridized carbons (Fsp3) is 0.562. The second-order valence-corrected chi connectivity index (χ2v) is 9.71. The van der Waals surface area contributed by atoms with Gasteiger partial charge < -0.3 is 10.1 Å². The maximum atomic E-state index is 12.6. The molecular weight excluding hydrogens is 396 g/mol. The topological polar surface area (TPSA) is 75.7 Å². The van der Waals surface area contributed by atoms with Crippen molar-refractivity contribution in [2.45, 2.75) is 37.7 Å². The summed E-state index contributed by atoms with van der Waals surface area (Å²) in [7, 11) is -3.49. The molecule has 0 bridgehead atoms. The molecule has 1 aromatic carbocycles. The summed E-state index contributed by atoms with van der Waals surface area (Å²) in [5.74, 6) is 0.0859. The summed E-state index contributed by atoms with van der Waals surface area (Å²) < 4.78 is 32.7. The lowest BCUT2D eigenvalue weighted by molar-refractivity contribution is 0.0520. The van der Waals surface area contributed by atoms with E-state index in [9.17, 15) is 13.2 Å². The molecule has 0 saturated carbocycles. The van der Waals surface area contributed by atoms with Crippen LogP contribution in [0.4, 0.5) is 4.79 Å². The van der Waals surface area contributed by atoms with Gasteiger partial charge in [-0.05, 0) is 57.4 Å². The van der Waals surface area contributed by atoms with Crippen LogP contribution in [0.3, 0.4) is 0 Å². The monoisotopic (exact) mass is 418 g/mol. The molecule has 8 heteroatoms. The van der Waals surface area contributed by atoms with Gasteiger partial charge in [0.1, 0.15) is 5.60 Å². The summed E-state index contributed by atoms with van der Waals surface area (Å²) in [5, 5.41) is 2.71. The van der Waals surface area contributed by atoms with Gasteiger partial charge >= 0.3 is 6.09 Å². The Morgan fingerprint density at radius 3 is 2.54 bits per heavy atom. The van der Waals surface area contributed by atoms with E-state index in [0.717, 1.165) is 4.47 Å². The van der Waals surface area contributed by atoms with Gasteiger partial charge in [0.05, 0.1) is 4.90 Å². The van der Waals surface area contributed by atoms with Crippen molar-refractivity contribution >= 4 is 32.0 Å². The Labute approximate surface area is 151 Å². The molecule has 0 radical (unpaired) electrons. The van der Waals surface area contributed by atoms with Crippen molar-refractivity contribution in [3.8, 4) is 0 Å². The highest BCUT2D eigenvalue weighted by Gasteiger charge is 2.32. The van der Waals surface area contributed by atoms with E-state index in [-0.39, 0.29) is 10.8 Å². The van der Waals surface area contributed by atoms with Gasteiger partial charge in [-0.2, -0.15) is 4.31 Å². The molecule has 1 aliphatic rings. The third-order valence-corrected chi connectivity index (χ3v) is 6.04. The minimum Gasteiger partial charge on any atom is -0.444 e. The molecule has 1 aromatic rings. The highest BCUT2D eigenvalue weighted by Crippen LogP contribution is 2.25. The number of benzene rings is 1. The number of nitrogens with zero attached hydrogens (tertiary/aromatic N) is 1. The third-order valence-electron chi connectivity index (χ3n) is 3.63. The Balaban J connectivity index is 1.90. The van der Waals surface area contributed by atoms with E-state index >= 15 is 0 Å². The second-order valence-electron chi connectivity index (χ2n) is 6.85. The lowest BCUT2D eigenvalue weighted by atomic mass is 10.1. The van der Waals surface area contributed by atoms with Crippen LogP contribution in [0.15, 0.2) is 33.6 Å². The molecule has 0 aromatic heterocycles. The summed E-state index contributed by atoms with van der Waals surface area (Å²) in [6.07, 6.45) is 0.239. The second kappa shape index (κ2) is 7.41. The number of hydrogen-bond acceptors (Lipinski definition) is 4. The molecule has 1 atom stereocenters. The molecule has 1 amide bonds. The van der Waals surface area contributed by atoms with E-state index in [1.54, 1.807) is 45.0 Å². The zero-order chi connectivity index (χ0) is 18.0. The summed E-state index contributed by atoms with van der Waals surface area (Å²) in [4.78, 5) is 12.0. The number of alkyl carbamates (subject to hydrolysis) is 1. The van der Waals surface area contributed by atoms with E-state index in [1.807, 2.05) is 0 Å². The number of sulfonamides is 1.